The van der Waals surface area contributed by atoms with Gasteiger partial charge in [0.1, 0.15) is 0 Å². The van der Waals surface area contributed by atoms with Crippen molar-refractivity contribution in [3.05, 3.63) is 54.0 Å². The van der Waals surface area contributed by atoms with Gasteiger partial charge < -0.3 is 4.74 Å². The van der Waals surface area contributed by atoms with Crippen molar-refractivity contribution in [3.63, 3.8) is 0 Å². The second-order valence-electron chi connectivity index (χ2n) is 4.73. The van der Waals surface area contributed by atoms with Gasteiger partial charge in [0.25, 0.3) is 5.43 Å². The van der Waals surface area contributed by atoms with Crippen LogP contribution in [0.15, 0.2) is 48.6 Å². The Morgan fingerprint density at radius 3 is 2.73 bits per heavy atom. The zero-order chi connectivity index (χ0) is 16.3. The lowest BCUT2D eigenvalue weighted by atomic mass is 10.2. The minimum absolute atomic E-state index is 0.200. The van der Waals surface area contributed by atoms with Gasteiger partial charge >= 0.3 is 0 Å². The molecule has 6 heteroatoms. The Kier molecular flexibility index (Phi) is 4.41. The Bertz CT molecular complexity index is 812. The Morgan fingerprint density at radius 1 is 1.41 bits per heavy atom. The fourth-order valence-electron chi connectivity index (χ4n) is 1.98. The fraction of sp³-hybridized carbons (Fsp3) is 0.188. The lowest BCUT2D eigenvalue weighted by Gasteiger charge is -2.11. The molecule has 0 N–H and O–H groups in total. The first-order valence-electron chi connectivity index (χ1n) is 6.67. The molecule has 2 rings (SSSR count). The molecule has 2 aromatic heterocycles. The Hall–Kier alpha value is -2.89. The van der Waals surface area contributed by atoms with E-state index in [-0.39, 0.29) is 16.9 Å². The second kappa shape index (κ2) is 6.26. The molecule has 0 radical (unpaired) electrons. The number of rotatable bonds is 5. The number of ether oxygens (including phenoxy) is 1. The highest BCUT2D eigenvalue weighted by Gasteiger charge is 2.17. The summed E-state index contributed by atoms with van der Waals surface area (Å²) in [4.78, 5) is 12.5. The largest absolute Gasteiger partial charge is 0.491 e. The van der Waals surface area contributed by atoms with Crippen LogP contribution in [0, 0.1) is 0 Å². The highest BCUT2D eigenvalue weighted by atomic mass is 16.5. The van der Waals surface area contributed by atoms with Crippen LogP contribution in [0.4, 0.5) is 0 Å². The Labute approximate surface area is 128 Å². The minimum Gasteiger partial charge on any atom is -0.491 e. The summed E-state index contributed by atoms with van der Waals surface area (Å²) in [6.07, 6.45) is 6.59. The molecule has 0 bridgehead atoms. The first-order valence-corrected chi connectivity index (χ1v) is 6.67. The van der Waals surface area contributed by atoms with Gasteiger partial charge in [-0.15, -0.1) is 0 Å². The SMILES string of the molecule is C=C/C=C(\C)n1nccc1-c1nn(C(=C)C)cc(OC)c1=O. The van der Waals surface area contributed by atoms with Crippen molar-refractivity contribution in [1.29, 1.82) is 0 Å². The Balaban J connectivity index is 2.73. The van der Waals surface area contributed by atoms with E-state index in [1.165, 1.54) is 18.0 Å². The van der Waals surface area contributed by atoms with Crippen molar-refractivity contribution < 1.29 is 4.74 Å². The number of aromatic nitrogens is 4. The molecule has 2 aromatic rings. The Morgan fingerprint density at radius 2 is 2.14 bits per heavy atom. The molecule has 22 heavy (non-hydrogen) atoms. The molecular weight excluding hydrogens is 280 g/mol. The summed E-state index contributed by atoms with van der Waals surface area (Å²) >= 11 is 0. The number of nitrogens with zero attached hydrogens (tertiary/aromatic N) is 4. The predicted molar refractivity (Wildman–Crippen MR) is 87.4 cm³/mol. The van der Waals surface area contributed by atoms with Gasteiger partial charge in [0.2, 0.25) is 0 Å². The number of methoxy groups -OCH3 is 1. The van der Waals surface area contributed by atoms with Crippen molar-refractivity contribution in [2.75, 3.05) is 7.11 Å². The van der Waals surface area contributed by atoms with Gasteiger partial charge in [-0.25, -0.2) is 9.36 Å². The summed E-state index contributed by atoms with van der Waals surface area (Å²) in [5, 5.41) is 8.57. The van der Waals surface area contributed by atoms with Crippen molar-refractivity contribution in [1.82, 2.24) is 19.6 Å². The van der Waals surface area contributed by atoms with E-state index in [1.807, 2.05) is 6.92 Å². The molecule has 0 aromatic carbocycles. The van der Waals surface area contributed by atoms with Gasteiger partial charge in [0.05, 0.1) is 25.2 Å². The molecule has 0 spiro atoms. The van der Waals surface area contributed by atoms with Crippen LogP contribution >= 0.6 is 0 Å². The van der Waals surface area contributed by atoms with Crippen molar-refractivity contribution in [2.45, 2.75) is 13.8 Å². The maximum absolute atomic E-state index is 12.5. The topological polar surface area (TPSA) is 61.9 Å². The molecule has 0 amide bonds. The van der Waals surface area contributed by atoms with Gasteiger partial charge in [0, 0.05) is 11.4 Å². The van der Waals surface area contributed by atoms with E-state index < -0.39 is 0 Å². The van der Waals surface area contributed by atoms with Crippen LogP contribution in [0.3, 0.4) is 0 Å². The molecular formula is C16H18N4O2. The van der Waals surface area contributed by atoms with Crippen LogP contribution in [0.25, 0.3) is 22.8 Å². The van der Waals surface area contributed by atoms with E-state index in [1.54, 1.807) is 36.0 Å². The molecule has 0 aliphatic carbocycles. The molecule has 0 unspecified atom stereocenters. The summed E-state index contributed by atoms with van der Waals surface area (Å²) in [6, 6.07) is 1.73. The first kappa shape index (κ1) is 15.5. The molecule has 0 fully saturated rings. The third kappa shape index (κ3) is 2.76. The van der Waals surface area contributed by atoms with E-state index >= 15 is 0 Å². The van der Waals surface area contributed by atoms with Crippen LogP contribution in [0.1, 0.15) is 13.8 Å². The minimum atomic E-state index is -0.298. The van der Waals surface area contributed by atoms with Gasteiger partial charge in [-0.1, -0.05) is 19.2 Å². The van der Waals surface area contributed by atoms with Gasteiger partial charge in [0.15, 0.2) is 11.4 Å². The number of hydrogen-bond acceptors (Lipinski definition) is 4. The highest BCUT2D eigenvalue weighted by molar-refractivity contribution is 5.62. The van der Waals surface area contributed by atoms with Crippen LogP contribution in [0.5, 0.6) is 5.75 Å². The second-order valence-corrected chi connectivity index (χ2v) is 4.73. The van der Waals surface area contributed by atoms with E-state index in [4.69, 9.17) is 4.74 Å². The molecule has 0 aliphatic rings. The molecule has 0 atom stereocenters. The summed E-state index contributed by atoms with van der Waals surface area (Å²) < 4.78 is 8.29. The smallest absolute Gasteiger partial charge is 0.251 e. The average Bonchev–Trinajstić information content (AvgIpc) is 2.96. The zero-order valence-corrected chi connectivity index (χ0v) is 12.9. The first-order chi connectivity index (χ1) is 10.5. The van der Waals surface area contributed by atoms with Crippen molar-refractivity contribution in [2.24, 2.45) is 0 Å². The third-order valence-corrected chi connectivity index (χ3v) is 3.08. The predicted octanol–water partition coefficient (Wildman–Crippen LogP) is 2.65. The standard InChI is InChI=1S/C16H18N4O2/c1-6-7-12(4)20-13(8-9-17-20)15-16(21)14(22-5)10-19(18-15)11(2)3/h6-10H,1-2H2,3-5H3/b12-7+. The van der Waals surface area contributed by atoms with E-state index in [0.29, 0.717) is 11.4 Å². The molecule has 6 nitrogen and oxygen atoms in total. The van der Waals surface area contributed by atoms with E-state index in [2.05, 4.69) is 23.4 Å². The lowest BCUT2D eigenvalue weighted by molar-refractivity contribution is 0.405. The summed E-state index contributed by atoms with van der Waals surface area (Å²) in [6.45, 7) is 11.2. The van der Waals surface area contributed by atoms with Crippen molar-refractivity contribution in [3.8, 4) is 17.1 Å². The molecule has 2 heterocycles. The van der Waals surface area contributed by atoms with Crippen molar-refractivity contribution >= 4 is 11.4 Å². The third-order valence-electron chi connectivity index (χ3n) is 3.08. The quantitative estimate of drug-likeness (QED) is 0.796. The van der Waals surface area contributed by atoms with Crippen LogP contribution in [-0.4, -0.2) is 26.7 Å². The van der Waals surface area contributed by atoms with Crippen LogP contribution in [-0.2, 0) is 0 Å². The van der Waals surface area contributed by atoms with Gasteiger partial charge in [-0.3, -0.25) is 4.79 Å². The monoisotopic (exact) mass is 298 g/mol. The summed E-state index contributed by atoms with van der Waals surface area (Å²) in [5.41, 5.74) is 2.02. The zero-order valence-electron chi connectivity index (χ0n) is 12.9. The van der Waals surface area contributed by atoms with Crippen LogP contribution < -0.4 is 10.2 Å². The van der Waals surface area contributed by atoms with Crippen LogP contribution in [0.2, 0.25) is 0 Å². The van der Waals surface area contributed by atoms with Gasteiger partial charge in [-0.05, 0) is 26.0 Å². The molecule has 0 saturated heterocycles. The van der Waals surface area contributed by atoms with Gasteiger partial charge in [-0.2, -0.15) is 10.2 Å². The maximum Gasteiger partial charge on any atom is 0.251 e. The number of allylic oxidation sites excluding steroid dienone is 4. The molecule has 0 saturated carbocycles. The number of hydrogen-bond donors (Lipinski definition) is 0. The van der Waals surface area contributed by atoms with E-state index in [9.17, 15) is 4.79 Å². The molecule has 114 valence electrons. The normalized spacial score (nSPS) is 11.3. The summed E-state index contributed by atoms with van der Waals surface area (Å²) in [7, 11) is 1.45. The summed E-state index contributed by atoms with van der Waals surface area (Å²) in [5.74, 6) is 0.200. The average molecular weight is 298 g/mol. The maximum atomic E-state index is 12.5. The highest BCUT2D eigenvalue weighted by Crippen LogP contribution is 2.19. The lowest BCUT2D eigenvalue weighted by Crippen LogP contribution is -2.17. The van der Waals surface area contributed by atoms with E-state index in [0.717, 1.165) is 5.70 Å². The fourth-order valence-corrected chi connectivity index (χ4v) is 1.98. The molecule has 0 aliphatic heterocycles.